The Kier molecular flexibility index (Phi) is 3.76. The number of aryl methyl sites for hydroxylation is 1. The van der Waals surface area contributed by atoms with Gasteiger partial charge in [0, 0.05) is 10.7 Å². The molecule has 1 aromatic carbocycles. The quantitative estimate of drug-likeness (QED) is 0.694. The van der Waals surface area contributed by atoms with Crippen molar-refractivity contribution in [1.82, 2.24) is 4.57 Å². The van der Waals surface area contributed by atoms with Crippen LogP contribution in [0.15, 0.2) is 35.1 Å². The highest BCUT2D eigenvalue weighted by Crippen LogP contribution is 2.20. The van der Waals surface area contributed by atoms with Crippen LogP contribution in [0, 0.1) is 17.0 Å². The van der Waals surface area contributed by atoms with Crippen LogP contribution in [0.3, 0.4) is 0 Å². The summed E-state index contributed by atoms with van der Waals surface area (Å²) in [6, 6.07) is 8.43. The normalized spacial score (nSPS) is 10.5. The predicted octanol–water partition coefficient (Wildman–Crippen LogP) is 2.35. The van der Waals surface area contributed by atoms with Gasteiger partial charge in [-0.05, 0) is 24.6 Å². The predicted molar refractivity (Wildman–Crippen MR) is 77.1 cm³/mol. The number of anilines is 1. The summed E-state index contributed by atoms with van der Waals surface area (Å²) in [5, 5.41) is 11.4. The zero-order valence-corrected chi connectivity index (χ0v) is 11.4. The molecular formula is C13H12ClN3O3. The summed E-state index contributed by atoms with van der Waals surface area (Å²) < 4.78 is 1.29. The van der Waals surface area contributed by atoms with Crippen LogP contribution in [-0.4, -0.2) is 9.49 Å². The summed E-state index contributed by atoms with van der Waals surface area (Å²) >= 11 is 6.04. The van der Waals surface area contributed by atoms with Crippen LogP contribution < -0.4 is 11.3 Å². The minimum absolute atomic E-state index is 0.132. The average molecular weight is 294 g/mol. The molecule has 104 valence electrons. The fourth-order valence-corrected chi connectivity index (χ4v) is 2.16. The van der Waals surface area contributed by atoms with E-state index in [-0.39, 0.29) is 12.2 Å². The summed E-state index contributed by atoms with van der Waals surface area (Å²) in [6.45, 7) is 1.82. The molecule has 0 amide bonds. The molecule has 0 aliphatic carbocycles. The van der Waals surface area contributed by atoms with E-state index in [1.165, 1.54) is 10.6 Å². The Morgan fingerprint density at radius 1 is 1.40 bits per heavy atom. The smallest absolute Gasteiger partial charge is 0.356 e. The van der Waals surface area contributed by atoms with Gasteiger partial charge >= 0.3 is 11.2 Å². The molecule has 0 atom stereocenters. The van der Waals surface area contributed by atoms with Gasteiger partial charge in [0.2, 0.25) is 0 Å². The Balaban J connectivity index is 2.58. The molecule has 2 aromatic rings. The molecule has 0 bridgehead atoms. The lowest BCUT2D eigenvalue weighted by Gasteiger charge is -2.11. The third-order valence-electron chi connectivity index (χ3n) is 2.98. The molecular weight excluding hydrogens is 282 g/mol. The first-order valence-corrected chi connectivity index (χ1v) is 6.17. The summed E-state index contributed by atoms with van der Waals surface area (Å²) in [7, 11) is 0. The van der Waals surface area contributed by atoms with Crippen molar-refractivity contribution in [3.8, 4) is 0 Å². The Morgan fingerprint density at radius 3 is 2.65 bits per heavy atom. The number of rotatable bonds is 3. The second kappa shape index (κ2) is 5.34. The molecule has 2 rings (SSSR count). The van der Waals surface area contributed by atoms with Gasteiger partial charge in [0.1, 0.15) is 5.69 Å². The van der Waals surface area contributed by atoms with Crippen LogP contribution in [0.2, 0.25) is 5.02 Å². The highest BCUT2D eigenvalue weighted by Gasteiger charge is 2.21. The van der Waals surface area contributed by atoms with E-state index in [4.69, 9.17) is 17.3 Å². The fourth-order valence-electron chi connectivity index (χ4n) is 1.96. The molecule has 0 saturated heterocycles. The molecule has 0 radical (unpaired) electrons. The first kappa shape index (κ1) is 14.1. The number of aromatic nitrogens is 1. The standard InChI is InChI=1S/C13H12ClN3O3/c1-8-6-11(15)12(17(19)20)13(18)16(8)7-9-4-2-3-5-10(9)14/h2-6H,7,15H2,1H3. The number of nitrogens with zero attached hydrogens (tertiary/aromatic N) is 2. The maximum Gasteiger partial charge on any atom is 0.356 e. The third kappa shape index (κ3) is 2.50. The number of nitro groups is 1. The van der Waals surface area contributed by atoms with Crippen molar-refractivity contribution in [2.24, 2.45) is 0 Å². The van der Waals surface area contributed by atoms with Crippen molar-refractivity contribution < 1.29 is 4.92 Å². The van der Waals surface area contributed by atoms with E-state index in [9.17, 15) is 14.9 Å². The number of nitrogen functional groups attached to an aromatic ring is 1. The lowest BCUT2D eigenvalue weighted by atomic mass is 10.2. The molecule has 1 heterocycles. The second-order valence-corrected chi connectivity index (χ2v) is 4.74. The van der Waals surface area contributed by atoms with Crippen LogP contribution in [0.4, 0.5) is 11.4 Å². The van der Waals surface area contributed by atoms with E-state index in [1.54, 1.807) is 31.2 Å². The van der Waals surface area contributed by atoms with Gasteiger partial charge in [-0.1, -0.05) is 29.8 Å². The largest absolute Gasteiger partial charge is 0.393 e. The van der Waals surface area contributed by atoms with Gasteiger partial charge in [0.25, 0.3) is 0 Å². The molecule has 0 saturated carbocycles. The van der Waals surface area contributed by atoms with E-state index in [1.807, 2.05) is 0 Å². The van der Waals surface area contributed by atoms with Gasteiger partial charge in [0.05, 0.1) is 11.5 Å². The summed E-state index contributed by atoms with van der Waals surface area (Å²) in [6.07, 6.45) is 0. The van der Waals surface area contributed by atoms with Crippen LogP contribution in [0.5, 0.6) is 0 Å². The first-order valence-electron chi connectivity index (χ1n) is 5.79. The zero-order valence-electron chi connectivity index (χ0n) is 10.7. The minimum atomic E-state index is -0.764. The molecule has 0 aliphatic rings. The fraction of sp³-hybridized carbons (Fsp3) is 0.154. The topological polar surface area (TPSA) is 91.2 Å². The number of pyridine rings is 1. The highest BCUT2D eigenvalue weighted by molar-refractivity contribution is 6.31. The van der Waals surface area contributed by atoms with Crippen LogP contribution in [-0.2, 0) is 6.54 Å². The molecule has 1 aromatic heterocycles. The number of nitrogens with two attached hydrogens (primary N) is 1. The van der Waals surface area contributed by atoms with Gasteiger partial charge in [-0.2, -0.15) is 0 Å². The van der Waals surface area contributed by atoms with Crippen LogP contribution in [0.1, 0.15) is 11.3 Å². The molecule has 0 fully saturated rings. The van der Waals surface area contributed by atoms with Crippen molar-refractivity contribution in [2.75, 3.05) is 5.73 Å². The Hall–Kier alpha value is -2.34. The van der Waals surface area contributed by atoms with Crippen molar-refractivity contribution in [3.63, 3.8) is 0 Å². The monoisotopic (exact) mass is 293 g/mol. The first-order chi connectivity index (χ1) is 9.41. The van der Waals surface area contributed by atoms with Crippen molar-refractivity contribution in [3.05, 3.63) is 67.1 Å². The maximum atomic E-state index is 12.2. The van der Waals surface area contributed by atoms with Crippen molar-refractivity contribution in [1.29, 1.82) is 0 Å². The van der Waals surface area contributed by atoms with Crippen molar-refractivity contribution >= 4 is 23.0 Å². The van der Waals surface area contributed by atoms with Gasteiger partial charge in [0.15, 0.2) is 0 Å². The second-order valence-electron chi connectivity index (χ2n) is 4.33. The number of benzene rings is 1. The molecule has 0 aliphatic heterocycles. The van der Waals surface area contributed by atoms with E-state index >= 15 is 0 Å². The summed E-state index contributed by atoms with van der Waals surface area (Å²) in [4.78, 5) is 22.3. The Bertz CT molecular complexity index is 740. The molecule has 2 N–H and O–H groups in total. The van der Waals surface area contributed by atoms with Gasteiger partial charge in [-0.15, -0.1) is 0 Å². The molecule has 20 heavy (non-hydrogen) atoms. The number of hydrogen-bond acceptors (Lipinski definition) is 4. The van der Waals surface area contributed by atoms with Crippen molar-refractivity contribution in [2.45, 2.75) is 13.5 Å². The number of hydrogen-bond donors (Lipinski definition) is 1. The minimum Gasteiger partial charge on any atom is -0.393 e. The molecule has 7 heteroatoms. The van der Waals surface area contributed by atoms with E-state index < -0.39 is 16.2 Å². The Morgan fingerprint density at radius 2 is 2.05 bits per heavy atom. The highest BCUT2D eigenvalue weighted by atomic mass is 35.5. The molecule has 0 spiro atoms. The lowest BCUT2D eigenvalue weighted by molar-refractivity contribution is -0.385. The van der Waals surface area contributed by atoms with E-state index in [0.29, 0.717) is 16.3 Å². The van der Waals surface area contributed by atoms with Gasteiger partial charge in [-0.25, -0.2) is 0 Å². The molecule has 0 unspecified atom stereocenters. The van der Waals surface area contributed by atoms with Crippen LogP contribution >= 0.6 is 11.6 Å². The summed E-state index contributed by atoms with van der Waals surface area (Å²) in [5.74, 6) is 0. The van der Waals surface area contributed by atoms with E-state index in [2.05, 4.69) is 0 Å². The summed E-state index contributed by atoms with van der Waals surface area (Å²) in [5.41, 5.74) is 5.31. The maximum absolute atomic E-state index is 12.2. The van der Waals surface area contributed by atoms with E-state index in [0.717, 1.165) is 0 Å². The molecule has 6 nitrogen and oxygen atoms in total. The van der Waals surface area contributed by atoms with Gasteiger partial charge in [-0.3, -0.25) is 14.9 Å². The SMILES string of the molecule is Cc1cc(N)c([N+](=O)[O-])c(=O)n1Cc1ccccc1Cl. The number of halogens is 1. The lowest BCUT2D eigenvalue weighted by Crippen LogP contribution is -2.26. The Labute approximate surface area is 119 Å². The zero-order chi connectivity index (χ0) is 14.9. The van der Waals surface area contributed by atoms with Gasteiger partial charge < -0.3 is 10.3 Å². The average Bonchev–Trinajstić information content (AvgIpc) is 2.35. The van der Waals surface area contributed by atoms with Crippen LogP contribution in [0.25, 0.3) is 0 Å². The third-order valence-corrected chi connectivity index (χ3v) is 3.35.